The van der Waals surface area contributed by atoms with E-state index in [1.54, 1.807) is 45.0 Å². The second kappa shape index (κ2) is 10.6. The summed E-state index contributed by atoms with van der Waals surface area (Å²) in [5.41, 5.74) is 2.65. The van der Waals surface area contributed by atoms with Gasteiger partial charge in [0.05, 0.1) is 36.0 Å². The maximum atomic E-state index is 13.1. The van der Waals surface area contributed by atoms with Gasteiger partial charge in [-0.3, -0.25) is 0 Å². The van der Waals surface area contributed by atoms with Crippen LogP contribution in [0.5, 0.6) is 0 Å². The number of ether oxygens (including phenoxy) is 4. The van der Waals surface area contributed by atoms with E-state index in [-0.39, 0.29) is 18.8 Å². The number of terminal acetylenes is 1. The van der Waals surface area contributed by atoms with Crippen LogP contribution in [0.4, 0.5) is 0 Å². The van der Waals surface area contributed by atoms with Gasteiger partial charge in [0.1, 0.15) is 0 Å². The summed E-state index contributed by atoms with van der Waals surface area (Å²) in [6.07, 6.45) is 4.70. The number of esters is 2. The van der Waals surface area contributed by atoms with Gasteiger partial charge in [-0.25, -0.2) is 9.59 Å². The number of allylic oxidation sites excluding steroid dienone is 1. The lowest BCUT2D eigenvalue weighted by Gasteiger charge is -2.33. The molecule has 1 heterocycles. The molecule has 0 fully saturated rings. The number of carbonyl (C=O) groups excluding carboxylic acids is 2. The number of hydrogen-bond donors (Lipinski definition) is 1. The first-order valence-corrected chi connectivity index (χ1v) is 9.61. The highest BCUT2D eigenvalue weighted by molar-refractivity contribution is 6.00. The Labute approximate surface area is 177 Å². The van der Waals surface area contributed by atoms with Crippen LogP contribution in [0.1, 0.15) is 37.8 Å². The summed E-state index contributed by atoms with van der Waals surface area (Å²) in [4.78, 5) is 26.0. The van der Waals surface area contributed by atoms with Crippen molar-refractivity contribution in [1.29, 1.82) is 0 Å². The number of rotatable bonds is 8. The maximum absolute atomic E-state index is 13.1. The third-order valence-electron chi connectivity index (χ3n) is 4.63. The van der Waals surface area contributed by atoms with E-state index in [1.165, 1.54) is 14.2 Å². The summed E-state index contributed by atoms with van der Waals surface area (Å²) < 4.78 is 21.4. The lowest BCUT2D eigenvalue weighted by molar-refractivity contribution is -0.140. The topological polar surface area (TPSA) is 83.1 Å². The molecule has 0 aliphatic carbocycles. The number of benzene rings is 1. The third-order valence-corrected chi connectivity index (χ3v) is 4.63. The molecular formula is C23H27NO6. The summed E-state index contributed by atoms with van der Waals surface area (Å²) in [5.74, 6) is 0.676. The van der Waals surface area contributed by atoms with Crippen LogP contribution in [0.25, 0.3) is 0 Å². The quantitative estimate of drug-likeness (QED) is 0.398. The van der Waals surface area contributed by atoms with Crippen LogP contribution in [0.3, 0.4) is 0 Å². The lowest BCUT2D eigenvalue weighted by Crippen LogP contribution is -2.38. The first kappa shape index (κ1) is 23.2. The van der Waals surface area contributed by atoms with Crippen molar-refractivity contribution < 1.29 is 28.5 Å². The Morgan fingerprint density at radius 1 is 1.10 bits per heavy atom. The standard InChI is InChI=1S/C23H27NO6/c1-7-15-11-10-12-16(13-15)18-17(21(25)29-8-2)14(4)24-20(23(27-5)28-6)19(18)22(26)30-9-3/h1,10-13,18,23-24H,8-9H2,2-6H3. The van der Waals surface area contributed by atoms with Crippen molar-refractivity contribution in [3.63, 3.8) is 0 Å². The van der Waals surface area contributed by atoms with Crippen LogP contribution in [-0.4, -0.2) is 45.7 Å². The third kappa shape index (κ3) is 4.73. The van der Waals surface area contributed by atoms with Crippen molar-refractivity contribution in [2.24, 2.45) is 0 Å². The van der Waals surface area contributed by atoms with Crippen LogP contribution >= 0.6 is 0 Å². The largest absolute Gasteiger partial charge is 0.463 e. The fourth-order valence-electron chi connectivity index (χ4n) is 3.43. The number of methoxy groups -OCH3 is 2. The Hall–Kier alpha value is -3.08. The molecule has 30 heavy (non-hydrogen) atoms. The van der Waals surface area contributed by atoms with Crippen molar-refractivity contribution in [3.05, 3.63) is 57.9 Å². The molecule has 160 valence electrons. The van der Waals surface area contributed by atoms with Gasteiger partial charge in [0.2, 0.25) is 0 Å². The highest BCUT2D eigenvalue weighted by atomic mass is 16.7. The Kier molecular flexibility index (Phi) is 8.22. The zero-order chi connectivity index (χ0) is 22.3. The number of dihydropyridines is 1. The predicted octanol–water partition coefficient (Wildman–Crippen LogP) is 2.63. The monoisotopic (exact) mass is 413 g/mol. The van der Waals surface area contributed by atoms with Crippen LogP contribution < -0.4 is 5.32 Å². The molecule has 1 aliphatic heterocycles. The molecule has 0 spiro atoms. The molecule has 0 saturated carbocycles. The van der Waals surface area contributed by atoms with Gasteiger partial charge in [0, 0.05) is 25.5 Å². The lowest BCUT2D eigenvalue weighted by atomic mass is 9.79. The van der Waals surface area contributed by atoms with E-state index < -0.39 is 24.1 Å². The number of nitrogens with one attached hydrogen (secondary N) is 1. The normalized spacial score (nSPS) is 16.2. The molecule has 1 aromatic carbocycles. The molecule has 1 aliphatic rings. The Morgan fingerprint density at radius 3 is 2.23 bits per heavy atom. The molecule has 7 heteroatoms. The molecular weight excluding hydrogens is 386 g/mol. The van der Waals surface area contributed by atoms with Crippen molar-refractivity contribution in [2.45, 2.75) is 33.0 Å². The molecule has 0 amide bonds. The predicted molar refractivity (Wildman–Crippen MR) is 111 cm³/mol. The van der Waals surface area contributed by atoms with Gasteiger partial charge in [-0.1, -0.05) is 18.1 Å². The number of hydrogen-bond acceptors (Lipinski definition) is 7. The van der Waals surface area contributed by atoms with Crippen molar-refractivity contribution in [3.8, 4) is 12.3 Å². The molecule has 0 aromatic heterocycles. The average molecular weight is 413 g/mol. The zero-order valence-electron chi connectivity index (χ0n) is 17.9. The minimum absolute atomic E-state index is 0.162. The second-order valence-corrected chi connectivity index (χ2v) is 6.44. The molecule has 0 radical (unpaired) electrons. The summed E-state index contributed by atoms with van der Waals surface area (Å²) >= 11 is 0. The van der Waals surface area contributed by atoms with Crippen LogP contribution in [0.2, 0.25) is 0 Å². The van der Waals surface area contributed by atoms with Gasteiger partial charge < -0.3 is 24.3 Å². The molecule has 2 rings (SSSR count). The first-order valence-electron chi connectivity index (χ1n) is 9.61. The number of carbonyl (C=O) groups is 2. The van der Waals surface area contributed by atoms with E-state index in [1.807, 2.05) is 0 Å². The van der Waals surface area contributed by atoms with Crippen LogP contribution in [-0.2, 0) is 28.5 Å². The van der Waals surface area contributed by atoms with Crippen LogP contribution in [0, 0.1) is 12.3 Å². The maximum Gasteiger partial charge on any atom is 0.336 e. The van der Waals surface area contributed by atoms with Gasteiger partial charge >= 0.3 is 11.9 Å². The fraction of sp³-hybridized carbons (Fsp3) is 0.391. The van der Waals surface area contributed by atoms with Crippen molar-refractivity contribution in [1.82, 2.24) is 5.32 Å². The van der Waals surface area contributed by atoms with E-state index in [4.69, 9.17) is 25.4 Å². The summed E-state index contributed by atoms with van der Waals surface area (Å²) in [7, 11) is 2.92. The molecule has 1 atom stereocenters. The minimum atomic E-state index is -0.874. The second-order valence-electron chi connectivity index (χ2n) is 6.44. The Bertz CT molecular complexity index is 905. The molecule has 1 aromatic rings. The van der Waals surface area contributed by atoms with Gasteiger partial charge in [-0.05, 0) is 38.5 Å². The zero-order valence-corrected chi connectivity index (χ0v) is 17.9. The smallest absolute Gasteiger partial charge is 0.336 e. The molecule has 0 saturated heterocycles. The minimum Gasteiger partial charge on any atom is -0.463 e. The van der Waals surface area contributed by atoms with Crippen molar-refractivity contribution in [2.75, 3.05) is 27.4 Å². The molecule has 0 bridgehead atoms. The molecule has 1 N–H and O–H groups in total. The summed E-state index contributed by atoms with van der Waals surface area (Å²) in [5, 5.41) is 3.09. The fourth-order valence-corrected chi connectivity index (χ4v) is 3.43. The summed E-state index contributed by atoms with van der Waals surface area (Å²) in [6, 6.07) is 7.10. The van der Waals surface area contributed by atoms with Gasteiger partial charge in [0.25, 0.3) is 0 Å². The van der Waals surface area contributed by atoms with Crippen molar-refractivity contribution >= 4 is 11.9 Å². The van der Waals surface area contributed by atoms with E-state index >= 15 is 0 Å². The van der Waals surface area contributed by atoms with E-state index in [2.05, 4.69) is 11.2 Å². The Balaban J connectivity index is 2.82. The van der Waals surface area contributed by atoms with Gasteiger partial charge in [0.15, 0.2) is 6.29 Å². The summed E-state index contributed by atoms with van der Waals surface area (Å²) in [6.45, 7) is 5.51. The molecule has 7 nitrogen and oxygen atoms in total. The average Bonchev–Trinajstić information content (AvgIpc) is 2.74. The highest BCUT2D eigenvalue weighted by Crippen LogP contribution is 2.40. The highest BCUT2D eigenvalue weighted by Gasteiger charge is 2.41. The first-order chi connectivity index (χ1) is 14.4. The van der Waals surface area contributed by atoms with Gasteiger partial charge in [-0.2, -0.15) is 0 Å². The van der Waals surface area contributed by atoms with E-state index in [9.17, 15) is 9.59 Å². The Morgan fingerprint density at radius 2 is 1.70 bits per heavy atom. The van der Waals surface area contributed by atoms with E-state index in [0.29, 0.717) is 28.1 Å². The SMILES string of the molecule is C#Cc1cccc(C2C(C(=O)OCC)=C(C)NC(C(OC)OC)=C2C(=O)OCC)c1. The molecule has 1 unspecified atom stereocenters. The van der Waals surface area contributed by atoms with E-state index in [0.717, 1.165) is 0 Å². The van der Waals surface area contributed by atoms with Gasteiger partial charge in [-0.15, -0.1) is 6.42 Å². The van der Waals surface area contributed by atoms with Crippen LogP contribution in [0.15, 0.2) is 46.8 Å².